The Morgan fingerprint density at radius 3 is 2.28 bits per heavy atom. The molecule has 5 nitrogen and oxygen atoms in total. The van der Waals surface area contributed by atoms with Crippen molar-refractivity contribution in [3.63, 3.8) is 0 Å². The molecule has 1 heterocycles. The molecular weight excluding hydrogens is 252 g/mol. The first-order chi connectivity index (χ1) is 8.66. The lowest BCUT2D eigenvalue weighted by atomic mass is 9.93. The molecule has 6 heteroatoms. The Hall–Kier alpha value is -0.170. The van der Waals surface area contributed by atoms with Crippen molar-refractivity contribution in [2.24, 2.45) is 0 Å². The van der Waals surface area contributed by atoms with Gasteiger partial charge in [0.25, 0.3) is 10.2 Å². The zero-order valence-electron chi connectivity index (χ0n) is 10.9. The number of hydrogen-bond acceptors (Lipinski definition) is 3. The molecule has 0 aromatic carbocycles. The minimum Gasteiger partial charge on any atom is -0.396 e. The fourth-order valence-corrected chi connectivity index (χ4v) is 4.60. The smallest absolute Gasteiger partial charge is 0.282 e. The minimum absolute atomic E-state index is 0.0543. The summed E-state index contributed by atoms with van der Waals surface area (Å²) >= 11 is 0. The van der Waals surface area contributed by atoms with Gasteiger partial charge in [-0.15, -0.1) is 0 Å². The van der Waals surface area contributed by atoms with E-state index in [2.05, 4.69) is 0 Å². The average molecular weight is 276 g/mol. The summed E-state index contributed by atoms with van der Waals surface area (Å²) in [6, 6.07) is 0.170. The summed E-state index contributed by atoms with van der Waals surface area (Å²) in [5.74, 6) is 0. The zero-order chi connectivity index (χ0) is 13.0. The van der Waals surface area contributed by atoms with E-state index in [9.17, 15) is 8.42 Å². The predicted octanol–water partition coefficient (Wildman–Crippen LogP) is 0.954. The number of aliphatic hydroxyl groups is 1. The standard InChI is InChI=1S/C12H24N2O3S/c15-11-5-10-14(12-6-4-7-12)18(16,17)13-8-2-1-3-9-13/h12,15H,1-11H2. The van der Waals surface area contributed by atoms with E-state index in [1.807, 2.05) is 0 Å². The summed E-state index contributed by atoms with van der Waals surface area (Å²) in [5, 5.41) is 8.93. The van der Waals surface area contributed by atoms with Gasteiger partial charge in [0, 0.05) is 32.3 Å². The quantitative estimate of drug-likeness (QED) is 0.786. The van der Waals surface area contributed by atoms with Crippen molar-refractivity contribution in [3.8, 4) is 0 Å². The van der Waals surface area contributed by atoms with Crippen molar-refractivity contribution in [3.05, 3.63) is 0 Å². The van der Waals surface area contributed by atoms with Crippen molar-refractivity contribution in [2.45, 2.75) is 51.0 Å². The Morgan fingerprint density at radius 2 is 1.78 bits per heavy atom. The van der Waals surface area contributed by atoms with E-state index >= 15 is 0 Å². The van der Waals surface area contributed by atoms with Crippen molar-refractivity contribution in [1.82, 2.24) is 8.61 Å². The summed E-state index contributed by atoms with van der Waals surface area (Å²) < 4.78 is 28.5. The fraction of sp³-hybridized carbons (Fsp3) is 1.00. The highest BCUT2D eigenvalue weighted by molar-refractivity contribution is 7.86. The van der Waals surface area contributed by atoms with Crippen LogP contribution in [0.3, 0.4) is 0 Å². The van der Waals surface area contributed by atoms with E-state index in [0.29, 0.717) is 26.1 Å². The summed E-state index contributed by atoms with van der Waals surface area (Å²) in [5.41, 5.74) is 0. The molecule has 1 aliphatic heterocycles. The number of piperidine rings is 1. The number of rotatable bonds is 6. The Bertz CT molecular complexity index is 348. The van der Waals surface area contributed by atoms with E-state index in [1.54, 1.807) is 8.61 Å². The van der Waals surface area contributed by atoms with Gasteiger partial charge in [-0.1, -0.05) is 12.8 Å². The largest absolute Gasteiger partial charge is 0.396 e. The maximum absolute atomic E-state index is 12.6. The number of hydrogen-bond donors (Lipinski definition) is 1. The highest BCUT2D eigenvalue weighted by Crippen LogP contribution is 2.29. The third-order valence-corrected chi connectivity index (χ3v) is 6.05. The van der Waals surface area contributed by atoms with Crippen LogP contribution in [-0.2, 0) is 10.2 Å². The Kier molecular flexibility index (Phi) is 5.00. The molecule has 2 rings (SSSR count). The van der Waals surface area contributed by atoms with Gasteiger partial charge >= 0.3 is 0 Å². The van der Waals surface area contributed by atoms with Gasteiger partial charge in [-0.3, -0.25) is 0 Å². The van der Waals surface area contributed by atoms with Crippen molar-refractivity contribution < 1.29 is 13.5 Å². The molecular formula is C12H24N2O3S. The summed E-state index contributed by atoms with van der Waals surface area (Å²) in [6.07, 6.45) is 6.66. The first-order valence-electron chi connectivity index (χ1n) is 7.04. The van der Waals surface area contributed by atoms with Gasteiger partial charge in [0.15, 0.2) is 0 Å². The lowest BCUT2D eigenvalue weighted by molar-refractivity contribution is 0.183. The third-order valence-electron chi connectivity index (χ3n) is 3.96. The molecule has 2 fully saturated rings. The molecule has 18 heavy (non-hydrogen) atoms. The fourth-order valence-electron chi connectivity index (χ4n) is 2.63. The van der Waals surface area contributed by atoms with Crippen LogP contribution in [0, 0.1) is 0 Å². The summed E-state index contributed by atoms with van der Waals surface area (Å²) in [6.45, 7) is 1.83. The minimum atomic E-state index is -3.30. The SMILES string of the molecule is O=S(=O)(N1CCCCC1)N(CCCO)C1CCC1. The molecule has 0 radical (unpaired) electrons. The van der Waals surface area contributed by atoms with Crippen LogP contribution in [0.1, 0.15) is 44.9 Å². The first kappa shape index (κ1) is 14.2. The van der Waals surface area contributed by atoms with Crippen LogP contribution in [-0.4, -0.2) is 54.4 Å². The molecule has 106 valence electrons. The summed E-state index contributed by atoms with van der Waals surface area (Å²) in [4.78, 5) is 0. The maximum Gasteiger partial charge on any atom is 0.282 e. The topological polar surface area (TPSA) is 60.9 Å². The van der Waals surface area contributed by atoms with Gasteiger partial charge in [-0.25, -0.2) is 0 Å². The second-order valence-corrected chi connectivity index (χ2v) is 7.12. The Morgan fingerprint density at radius 1 is 1.11 bits per heavy atom. The van der Waals surface area contributed by atoms with Crippen LogP contribution in [0.2, 0.25) is 0 Å². The lowest BCUT2D eigenvalue weighted by Crippen LogP contribution is -2.52. The molecule has 0 unspecified atom stereocenters. The molecule has 0 aromatic rings. The molecule has 1 saturated carbocycles. The molecule has 0 atom stereocenters. The molecule has 1 saturated heterocycles. The maximum atomic E-state index is 12.6. The van der Waals surface area contributed by atoms with Crippen molar-refractivity contribution in [2.75, 3.05) is 26.2 Å². The van der Waals surface area contributed by atoms with Gasteiger partial charge in [-0.05, 0) is 32.1 Å². The second-order valence-electron chi connectivity index (χ2n) is 5.24. The van der Waals surface area contributed by atoms with E-state index < -0.39 is 10.2 Å². The molecule has 0 aromatic heterocycles. The third kappa shape index (κ3) is 3.04. The molecule has 2 aliphatic rings. The second kappa shape index (κ2) is 6.32. The van der Waals surface area contributed by atoms with Gasteiger partial charge in [-0.2, -0.15) is 17.0 Å². The normalized spacial score (nSPS) is 23.2. The predicted molar refractivity (Wildman–Crippen MR) is 70.4 cm³/mol. The molecule has 0 amide bonds. The van der Waals surface area contributed by atoms with Crippen molar-refractivity contribution in [1.29, 1.82) is 0 Å². The molecule has 1 aliphatic carbocycles. The monoisotopic (exact) mass is 276 g/mol. The highest BCUT2D eigenvalue weighted by Gasteiger charge is 2.37. The number of nitrogens with zero attached hydrogens (tertiary/aromatic N) is 2. The molecule has 1 N–H and O–H groups in total. The highest BCUT2D eigenvalue weighted by atomic mass is 32.2. The van der Waals surface area contributed by atoms with Gasteiger partial charge in [0.2, 0.25) is 0 Å². The molecule has 0 bridgehead atoms. The van der Waals surface area contributed by atoms with Gasteiger partial charge in [0.05, 0.1) is 0 Å². The van der Waals surface area contributed by atoms with E-state index in [0.717, 1.165) is 38.5 Å². The molecule has 0 spiro atoms. The lowest BCUT2D eigenvalue weighted by Gasteiger charge is -2.40. The first-order valence-corrected chi connectivity index (χ1v) is 8.44. The van der Waals surface area contributed by atoms with Crippen LogP contribution < -0.4 is 0 Å². The van der Waals surface area contributed by atoms with Crippen LogP contribution in [0.25, 0.3) is 0 Å². The Balaban J connectivity index is 2.06. The van der Waals surface area contributed by atoms with Gasteiger partial charge < -0.3 is 5.11 Å². The Labute approximate surface area is 110 Å². The van der Waals surface area contributed by atoms with Crippen LogP contribution >= 0.6 is 0 Å². The summed E-state index contributed by atoms with van der Waals surface area (Å²) in [7, 11) is -3.30. The average Bonchev–Trinajstić information content (AvgIpc) is 2.33. The van der Waals surface area contributed by atoms with Crippen LogP contribution in [0.5, 0.6) is 0 Å². The zero-order valence-corrected chi connectivity index (χ0v) is 11.7. The van der Waals surface area contributed by atoms with Crippen LogP contribution in [0.4, 0.5) is 0 Å². The van der Waals surface area contributed by atoms with Gasteiger partial charge in [0.1, 0.15) is 0 Å². The van der Waals surface area contributed by atoms with Crippen molar-refractivity contribution >= 4 is 10.2 Å². The van der Waals surface area contributed by atoms with Crippen LogP contribution in [0.15, 0.2) is 0 Å². The van der Waals surface area contributed by atoms with E-state index in [4.69, 9.17) is 5.11 Å². The van der Waals surface area contributed by atoms with E-state index in [1.165, 1.54) is 0 Å². The van der Waals surface area contributed by atoms with E-state index in [-0.39, 0.29) is 12.6 Å². The number of aliphatic hydroxyl groups excluding tert-OH is 1.